The van der Waals surface area contributed by atoms with E-state index in [0.29, 0.717) is 12.0 Å². The number of epoxide rings is 1. The Labute approximate surface area is 265 Å². The number of alkyl carbamates (subject to hydrolysis) is 1. The number of carbonyl (C=O) groups excluding carboxylic acids is 4. The molecule has 2 aromatic rings. The Morgan fingerprint density at radius 2 is 1.47 bits per heavy atom. The molecule has 3 rings (SSSR count). The van der Waals surface area contributed by atoms with E-state index < -0.39 is 63.0 Å². The van der Waals surface area contributed by atoms with E-state index in [9.17, 15) is 27.6 Å². The molecule has 1 heterocycles. The van der Waals surface area contributed by atoms with Gasteiger partial charge < -0.3 is 25.4 Å². The zero-order valence-electron chi connectivity index (χ0n) is 26.9. The first-order valence-corrected chi connectivity index (χ1v) is 17.0. The van der Waals surface area contributed by atoms with Crippen molar-refractivity contribution >= 4 is 33.5 Å². The summed E-state index contributed by atoms with van der Waals surface area (Å²) >= 11 is 0. The molecule has 45 heavy (non-hydrogen) atoms. The molecule has 0 spiro atoms. The molecule has 0 radical (unpaired) electrons. The smallest absolute Gasteiger partial charge is 0.408 e. The van der Waals surface area contributed by atoms with Crippen LogP contribution in [0.1, 0.15) is 63.9 Å². The summed E-state index contributed by atoms with van der Waals surface area (Å²) in [6.45, 7) is 9.69. The van der Waals surface area contributed by atoms with E-state index in [1.165, 1.54) is 13.8 Å². The minimum absolute atomic E-state index is 0.0473. The van der Waals surface area contributed by atoms with E-state index in [2.05, 4.69) is 16.0 Å². The lowest BCUT2D eigenvalue weighted by atomic mass is 9.94. The van der Waals surface area contributed by atoms with Crippen molar-refractivity contribution in [3.8, 4) is 0 Å². The Hall–Kier alpha value is -3.77. The lowest BCUT2D eigenvalue weighted by Gasteiger charge is -2.33. The summed E-state index contributed by atoms with van der Waals surface area (Å²) in [5.74, 6) is -1.46. The lowest BCUT2D eigenvalue weighted by Crippen LogP contribution is -2.62. The van der Waals surface area contributed by atoms with Crippen LogP contribution in [0.4, 0.5) is 4.79 Å². The molecule has 2 unspecified atom stereocenters. The number of ether oxygens (including phenoxy) is 2. The van der Waals surface area contributed by atoms with Crippen LogP contribution in [0.3, 0.4) is 0 Å². The highest BCUT2D eigenvalue weighted by Gasteiger charge is 2.50. The molecule has 0 saturated carbocycles. The summed E-state index contributed by atoms with van der Waals surface area (Å²) in [4.78, 5) is 52.4. The zero-order chi connectivity index (χ0) is 33.5. The minimum Gasteiger partial charge on any atom is -0.447 e. The SMILES string of the molecule is CC(C)OC(=O)N[C@H](C(=O)N[C@@H](Cc1ccccc1)C1OC1CC(=O)N[C@@H](C(=O)c1ccccc1)C(C)C)C(C)(C)S(C)(=O)=O. The number of amides is 3. The highest BCUT2D eigenvalue weighted by molar-refractivity contribution is 7.92. The fourth-order valence-electron chi connectivity index (χ4n) is 4.93. The molecule has 11 nitrogen and oxygen atoms in total. The monoisotopic (exact) mass is 643 g/mol. The number of Topliss-reactive ketones (excluding diaryl/α,β-unsaturated/α-hetero) is 1. The van der Waals surface area contributed by atoms with E-state index in [-0.39, 0.29) is 24.0 Å². The predicted octanol–water partition coefficient (Wildman–Crippen LogP) is 3.22. The number of benzene rings is 2. The van der Waals surface area contributed by atoms with Crippen LogP contribution in [0, 0.1) is 5.92 Å². The topological polar surface area (TPSA) is 160 Å². The number of rotatable bonds is 15. The molecular weight excluding hydrogens is 598 g/mol. The van der Waals surface area contributed by atoms with Gasteiger partial charge in [0.25, 0.3) is 0 Å². The van der Waals surface area contributed by atoms with Crippen molar-refractivity contribution in [1.82, 2.24) is 16.0 Å². The van der Waals surface area contributed by atoms with Crippen molar-refractivity contribution in [1.29, 1.82) is 0 Å². The van der Waals surface area contributed by atoms with E-state index in [1.807, 2.05) is 50.2 Å². The quantitative estimate of drug-likeness (QED) is 0.197. The van der Waals surface area contributed by atoms with Gasteiger partial charge in [0.1, 0.15) is 12.1 Å². The first-order chi connectivity index (χ1) is 21.0. The third-order valence-electron chi connectivity index (χ3n) is 7.87. The van der Waals surface area contributed by atoms with Crippen LogP contribution in [-0.2, 0) is 35.3 Å². The van der Waals surface area contributed by atoms with Crippen molar-refractivity contribution in [3.05, 3.63) is 71.8 Å². The second-order valence-corrected chi connectivity index (χ2v) is 15.2. The molecule has 12 heteroatoms. The third-order valence-corrected chi connectivity index (χ3v) is 10.0. The second kappa shape index (κ2) is 15.0. The van der Waals surface area contributed by atoms with Crippen LogP contribution in [0.2, 0.25) is 0 Å². The van der Waals surface area contributed by atoms with Gasteiger partial charge in [0.15, 0.2) is 15.6 Å². The van der Waals surface area contributed by atoms with Crippen LogP contribution in [0.5, 0.6) is 0 Å². The number of carbonyl (C=O) groups is 4. The van der Waals surface area contributed by atoms with Crippen LogP contribution < -0.4 is 16.0 Å². The van der Waals surface area contributed by atoms with Gasteiger partial charge in [0.05, 0.1) is 35.5 Å². The molecule has 3 N–H and O–H groups in total. The van der Waals surface area contributed by atoms with Gasteiger partial charge in [-0.05, 0) is 45.6 Å². The lowest BCUT2D eigenvalue weighted by molar-refractivity contribution is -0.124. The highest BCUT2D eigenvalue weighted by Crippen LogP contribution is 2.31. The first-order valence-electron chi connectivity index (χ1n) is 15.1. The zero-order valence-corrected chi connectivity index (χ0v) is 27.7. The fraction of sp³-hybridized carbons (Fsp3) is 0.515. The molecule has 2 aromatic carbocycles. The molecule has 5 atom stereocenters. The maximum Gasteiger partial charge on any atom is 0.408 e. The molecule has 1 fully saturated rings. The molecule has 3 amide bonds. The normalized spacial score (nSPS) is 18.4. The number of sulfone groups is 1. The molecule has 1 aliphatic heterocycles. The van der Waals surface area contributed by atoms with Gasteiger partial charge in [-0.2, -0.15) is 0 Å². The maximum absolute atomic E-state index is 13.7. The Balaban J connectivity index is 1.78. The summed E-state index contributed by atoms with van der Waals surface area (Å²) < 4.78 is 34.7. The Bertz CT molecular complexity index is 1440. The van der Waals surface area contributed by atoms with Crippen LogP contribution in [0.15, 0.2) is 60.7 Å². The van der Waals surface area contributed by atoms with Gasteiger partial charge in [-0.1, -0.05) is 74.5 Å². The van der Waals surface area contributed by atoms with Gasteiger partial charge in [-0.25, -0.2) is 13.2 Å². The largest absolute Gasteiger partial charge is 0.447 e. The number of ketones is 1. The summed E-state index contributed by atoms with van der Waals surface area (Å²) in [5, 5.41) is 8.16. The predicted molar refractivity (Wildman–Crippen MR) is 170 cm³/mol. The molecule has 0 aliphatic carbocycles. The van der Waals surface area contributed by atoms with Crippen molar-refractivity contribution in [2.75, 3.05) is 6.26 Å². The third kappa shape index (κ3) is 9.86. The molecule has 0 aromatic heterocycles. The Kier molecular flexibility index (Phi) is 11.9. The van der Waals surface area contributed by atoms with E-state index in [1.54, 1.807) is 38.1 Å². The van der Waals surface area contributed by atoms with Gasteiger partial charge in [-0.3, -0.25) is 14.4 Å². The molecule has 1 aliphatic rings. The summed E-state index contributed by atoms with van der Waals surface area (Å²) in [6, 6.07) is 15.2. The molecule has 0 bridgehead atoms. The van der Waals surface area contributed by atoms with Gasteiger partial charge >= 0.3 is 6.09 Å². The van der Waals surface area contributed by atoms with Gasteiger partial charge in [0, 0.05) is 11.8 Å². The van der Waals surface area contributed by atoms with E-state index in [4.69, 9.17) is 9.47 Å². The Morgan fingerprint density at radius 1 is 0.889 bits per heavy atom. The number of hydrogen-bond donors (Lipinski definition) is 3. The van der Waals surface area contributed by atoms with Crippen molar-refractivity contribution in [2.24, 2.45) is 5.92 Å². The molecule has 246 valence electrons. The van der Waals surface area contributed by atoms with Gasteiger partial charge in [-0.15, -0.1) is 0 Å². The van der Waals surface area contributed by atoms with Crippen molar-refractivity contribution < 1.29 is 37.1 Å². The second-order valence-electron chi connectivity index (χ2n) is 12.6. The van der Waals surface area contributed by atoms with Crippen LogP contribution >= 0.6 is 0 Å². The maximum atomic E-state index is 13.7. The standard InChI is InChI=1S/C33H45N3O8S/c1-20(2)27(28(38)23-16-12-9-13-17-23)35-26(37)19-25-29(44-25)24(18-22-14-10-8-11-15-22)34-31(39)30(33(5,6)45(7,41)42)36-32(40)43-21(3)4/h8-17,20-21,24-25,27,29-30H,18-19H2,1-7H3,(H,34,39)(H,35,37)(H,36,40)/t24-,25?,27+,29?,30+/m0/s1. The highest BCUT2D eigenvalue weighted by atomic mass is 32.2. The minimum atomic E-state index is -3.84. The number of nitrogens with one attached hydrogen (secondary N) is 3. The van der Waals surface area contributed by atoms with Crippen molar-refractivity contribution in [2.45, 2.75) is 95.6 Å². The summed E-state index contributed by atoms with van der Waals surface area (Å²) in [5.41, 5.74) is 1.38. The Morgan fingerprint density at radius 3 is 2.00 bits per heavy atom. The van der Waals surface area contributed by atoms with Crippen LogP contribution in [-0.4, -0.2) is 79.5 Å². The van der Waals surface area contributed by atoms with Crippen molar-refractivity contribution in [3.63, 3.8) is 0 Å². The molecule has 1 saturated heterocycles. The van der Waals surface area contributed by atoms with E-state index >= 15 is 0 Å². The first kappa shape index (κ1) is 35.7. The van der Waals surface area contributed by atoms with E-state index in [0.717, 1.165) is 11.8 Å². The average Bonchev–Trinajstić information content (AvgIpc) is 3.72. The van der Waals surface area contributed by atoms with Gasteiger partial charge in [0.2, 0.25) is 11.8 Å². The van der Waals surface area contributed by atoms with Crippen LogP contribution in [0.25, 0.3) is 0 Å². The molecular formula is C33H45N3O8S. The summed E-state index contributed by atoms with van der Waals surface area (Å²) in [6.07, 6.45) is -1.29. The fourth-order valence-corrected chi connectivity index (χ4v) is 5.52. The average molecular weight is 644 g/mol. The number of hydrogen-bond acceptors (Lipinski definition) is 8. The summed E-state index contributed by atoms with van der Waals surface area (Å²) in [7, 11) is -3.84.